The Morgan fingerprint density at radius 2 is 2.22 bits per heavy atom. The molecule has 23 heavy (non-hydrogen) atoms. The van der Waals surface area contributed by atoms with Crippen LogP contribution < -0.4 is 4.74 Å². The number of amides is 1. The number of rotatable bonds is 3. The monoisotopic (exact) mass is 313 g/mol. The molecule has 1 aliphatic heterocycles. The van der Waals surface area contributed by atoms with Crippen molar-refractivity contribution in [3.63, 3.8) is 0 Å². The van der Waals surface area contributed by atoms with E-state index in [1.807, 2.05) is 6.07 Å². The molecule has 0 radical (unpaired) electrons. The number of carbonyl (C=O) groups excluding carboxylic acids is 1. The molecule has 1 aliphatic rings. The lowest BCUT2D eigenvalue weighted by molar-refractivity contribution is 0.0768. The van der Waals surface area contributed by atoms with Crippen molar-refractivity contribution in [2.45, 2.75) is 26.4 Å². The lowest BCUT2D eigenvalue weighted by Crippen LogP contribution is -2.31. The van der Waals surface area contributed by atoms with Crippen molar-refractivity contribution in [2.75, 3.05) is 13.1 Å². The largest absolute Gasteiger partial charge is 0.470 e. The van der Waals surface area contributed by atoms with E-state index < -0.39 is 0 Å². The summed E-state index contributed by atoms with van der Waals surface area (Å²) in [5.74, 6) is 0.594. The van der Waals surface area contributed by atoms with Gasteiger partial charge in [0.05, 0.1) is 12.2 Å². The summed E-state index contributed by atoms with van der Waals surface area (Å²) >= 11 is 0. The summed E-state index contributed by atoms with van der Waals surface area (Å²) in [6.45, 7) is 4.45. The Morgan fingerprint density at radius 1 is 1.43 bits per heavy atom. The van der Waals surface area contributed by atoms with Crippen molar-refractivity contribution in [3.8, 4) is 11.9 Å². The average Bonchev–Trinajstić information content (AvgIpc) is 3.14. The van der Waals surface area contributed by atoms with E-state index in [1.165, 1.54) is 12.4 Å². The smallest absolute Gasteiger partial charge is 0.259 e. The molecule has 8 heteroatoms. The number of hydrogen-bond acceptors (Lipinski definition) is 7. The van der Waals surface area contributed by atoms with E-state index in [4.69, 9.17) is 14.5 Å². The number of aromatic nitrogens is 3. The topological polar surface area (TPSA) is 105 Å². The fraction of sp³-hybridized carbons (Fsp3) is 0.400. The molecular formula is C15H15N5O3. The lowest BCUT2D eigenvalue weighted by Gasteiger charge is -2.16. The van der Waals surface area contributed by atoms with Gasteiger partial charge in [-0.15, -0.1) is 0 Å². The minimum atomic E-state index is -0.219. The van der Waals surface area contributed by atoms with Gasteiger partial charge >= 0.3 is 0 Å². The van der Waals surface area contributed by atoms with E-state index >= 15 is 0 Å². The van der Waals surface area contributed by atoms with Gasteiger partial charge in [-0.3, -0.25) is 4.79 Å². The summed E-state index contributed by atoms with van der Waals surface area (Å²) in [5.41, 5.74) is 1.23. The zero-order valence-corrected chi connectivity index (χ0v) is 12.8. The molecule has 1 atom stereocenters. The Labute approximate surface area is 132 Å². The zero-order valence-electron chi connectivity index (χ0n) is 12.8. The molecule has 0 N–H and O–H groups in total. The fourth-order valence-corrected chi connectivity index (χ4v) is 2.60. The molecule has 1 fully saturated rings. The van der Waals surface area contributed by atoms with Crippen LogP contribution in [0.25, 0.3) is 0 Å². The highest BCUT2D eigenvalue weighted by Gasteiger charge is 2.31. The Hall–Kier alpha value is -2.95. The van der Waals surface area contributed by atoms with E-state index in [0.29, 0.717) is 36.5 Å². The molecule has 3 rings (SSSR count). The maximum absolute atomic E-state index is 12.6. The number of hydrogen-bond donors (Lipinski definition) is 0. The number of aryl methyl sites for hydroxylation is 2. The first kappa shape index (κ1) is 15.0. The number of ether oxygens (including phenoxy) is 1. The predicted molar refractivity (Wildman–Crippen MR) is 77.7 cm³/mol. The third-order valence-corrected chi connectivity index (χ3v) is 3.73. The van der Waals surface area contributed by atoms with Crippen molar-refractivity contribution in [1.29, 1.82) is 5.26 Å². The number of nitrogens with zero attached hydrogens (tertiary/aromatic N) is 5. The average molecular weight is 313 g/mol. The van der Waals surface area contributed by atoms with Crippen LogP contribution in [0.2, 0.25) is 0 Å². The van der Waals surface area contributed by atoms with E-state index in [2.05, 4.69) is 15.1 Å². The molecule has 1 saturated heterocycles. The van der Waals surface area contributed by atoms with Crippen LogP contribution in [0.5, 0.6) is 5.88 Å². The van der Waals surface area contributed by atoms with Gasteiger partial charge in [0.15, 0.2) is 0 Å². The van der Waals surface area contributed by atoms with E-state index in [-0.39, 0.29) is 23.6 Å². The van der Waals surface area contributed by atoms with Crippen molar-refractivity contribution in [2.24, 2.45) is 0 Å². The van der Waals surface area contributed by atoms with Crippen molar-refractivity contribution in [3.05, 3.63) is 35.1 Å². The third kappa shape index (κ3) is 2.85. The van der Waals surface area contributed by atoms with Gasteiger partial charge in [-0.1, -0.05) is 5.16 Å². The van der Waals surface area contributed by atoms with Crippen molar-refractivity contribution >= 4 is 5.91 Å². The molecule has 1 amide bonds. The molecule has 0 aliphatic carbocycles. The Kier molecular flexibility index (Phi) is 3.93. The molecule has 2 aromatic heterocycles. The van der Waals surface area contributed by atoms with Gasteiger partial charge in [-0.25, -0.2) is 9.97 Å². The zero-order chi connectivity index (χ0) is 16.4. The molecule has 0 spiro atoms. The summed E-state index contributed by atoms with van der Waals surface area (Å²) < 4.78 is 10.8. The van der Waals surface area contributed by atoms with Crippen LogP contribution >= 0.6 is 0 Å². The van der Waals surface area contributed by atoms with Gasteiger partial charge in [0, 0.05) is 25.4 Å². The van der Waals surface area contributed by atoms with Crippen molar-refractivity contribution in [1.82, 2.24) is 20.0 Å². The van der Waals surface area contributed by atoms with Crippen LogP contribution in [0.1, 0.15) is 33.9 Å². The van der Waals surface area contributed by atoms with E-state index in [1.54, 1.807) is 18.7 Å². The normalized spacial score (nSPS) is 17.1. The number of carbonyl (C=O) groups is 1. The molecular weight excluding hydrogens is 298 g/mol. The van der Waals surface area contributed by atoms with Crippen LogP contribution in [0.4, 0.5) is 0 Å². The standard InChI is InChI=1S/C15H15N5O3/c1-9-13(10(2)23-19-9)15(21)20-6-3-11(8-20)22-14-12(7-16)17-4-5-18-14/h4-5,11H,3,6,8H2,1-2H3/t11-/m0/s1. The van der Waals surface area contributed by atoms with E-state index in [0.717, 1.165) is 0 Å². The highest BCUT2D eigenvalue weighted by molar-refractivity contribution is 5.96. The summed E-state index contributed by atoms with van der Waals surface area (Å²) in [6, 6.07) is 1.94. The molecule has 8 nitrogen and oxygen atoms in total. The van der Waals surface area contributed by atoms with Crippen LogP contribution in [0, 0.1) is 25.2 Å². The SMILES string of the molecule is Cc1noc(C)c1C(=O)N1CC[C@H](Oc2nccnc2C#N)C1. The van der Waals surface area contributed by atoms with Gasteiger partial charge in [-0.2, -0.15) is 5.26 Å². The first-order valence-electron chi connectivity index (χ1n) is 7.20. The van der Waals surface area contributed by atoms with E-state index in [9.17, 15) is 4.79 Å². The van der Waals surface area contributed by atoms with Gasteiger partial charge in [-0.05, 0) is 13.8 Å². The predicted octanol–water partition coefficient (Wildman–Crippen LogP) is 1.25. The first-order valence-corrected chi connectivity index (χ1v) is 7.20. The fourth-order valence-electron chi connectivity index (χ4n) is 2.60. The van der Waals surface area contributed by atoms with Crippen molar-refractivity contribution < 1.29 is 14.1 Å². The van der Waals surface area contributed by atoms with Crippen LogP contribution in [-0.4, -0.2) is 45.1 Å². The second-order valence-corrected chi connectivity index (χ2v) is 5.30. The summed E-state index contributed by atoms with van der Waals surface area (Å²) in [4.78, 5) is 22.2. The molecule has 118 valence electrons. The van der Waals surface area contributed by atoms with Gasteiger partial charge < -0.3 is 14.2 Å². The Morgan fingerprint density at radius 3 is 2.91 bits per heavy atom. The highest BCUT2D eigenvalue weighted by Crippen LogP contribution is 2.22. The minimum absolute atomic E-state index is 0.119. The van der Waals surface area contributed by atoms with Gasteiger partial charge in [0.1, 0.15) is 23.5 Å². The quantitative estimate of drug-likeness (QED) is 0.839. The van der Waals surface area contributed by atoms with Crippen LogP contribution in [-0.2, 0) is 0 Å². The second-order valence-electron chi connectivity index (χ2n) is 5.30. The molecule has 0 aromatic carbocycles. The van der Waals surface area contributed by atoms with Crippen LogP contribution in [0.15, 0.2) is 16.9 Å². The van der Waals surface area contributed by atoms with Crippen LogP contribution in [0.3, 0.4) is 0 Å². The number of nitriles is 1. The molecule has 0 saturated carbocycles. The third-order valence-electron chi connectivity index (χ3n) is 3.73. The first-order chi connectivity index (χ1) is 11.1. The molecule has 2 aromatic rings. The lowest BCUT2D eigenvalue weighted by atomic mass is 10.2. The maximum atomic E-state index is 12.6. The molecule has 3 heterocycles. The Balaban J connectivity index is 1.69. The highest BCUT2D eigenvalue weighted by atomic mass is 16.5. The molecule has 0 bridgehead atoms. The van der Waals surface area contributed by atoms with Gasteiger partial charge in [0.2, 0.25) is 5.69 Å². The summed E-state index contributed by atoms with van der Waals surface area (Å²) in [7, 11) is 0. The second kappa shape index (κ2) is 6.04. The maximum Gasteiger partial charge on any atom is 0.259 e. The molecule has 0 unspecified atom stereocenters. The minimum Gasteiger partial charge on any atom is -0.470 e. The summed E-state index contributed by atoms with van der Waals surface area (Å²) in [5, 5.41) is 12.8. The number of likely N-dealkylation sites (tertiary alicyclic amines) is 1. The summed E-state index contributed by atoms with van der Waals surface area (Å²) in [6.07, 6.45) is 3.35. The Bertz CT molecular complexity index is 760. The van der Waals surface area contributed by atoms with Gasteiger partial charge in [0.25, 0.3) is 11.8 Å².